The van der Waals surface area contributed by atoms with Gasteiger partial charge in [0.1, 0.15) is 18.2 Å². The quantitative estimate of drug-likeness (QED) is 0.315. The molecule has 0 spiro atoms. The van der Waals surface area contributed by atoms with E-state index in [1.807, 2.05) is 36.3 Å². The SMILES string of the molecule is COC1([C@H](c2c(F)cccc2F)N2CCCC[C@@H](NC(=O)C3C=C(C(=N)C45C=CN=CC4C5)C(N)=CC3C)C2)CO1.[HH].[HH]. The Balaban J connectivity index is 0.00000212. The minimum absolute atomic E-state index is 0. The lowest BCUT2D eigenvalue weighted by Gasteiger charge is -2.36. The monoisotopic (exact) mass is 569 g/mol. The number of carbonyl (C=O) groups is 1. The number of halogens is 2. The number of amides is 1. The summed E-state index contributed by atoms with van der Waals surface area (Å²) in [5.41, 5.74) is 7.46. The van der Waals surface area contributed by atoms with Crippen molar-refractivity contribution < 1.29 is 25.9 Å². The Hall–Kier alpha value is -3.21. The second-order valence-electron chi connectivity index (χ2n) is 12.0. The van der Waals surface area contributed by atoms with Gasteiger partial charge in [0, 0.05) is 63.1 Å². The lowest BCUT2D eigenvalue weighted by atomic mass is 9.79. The molecule has 41 heavy (non-hydrogen) atoms. The number of hydrogen-bond donors (Lipinski definition) is 3. The first-order chi connectivity index (χ1) is 19.7. The minimum Gasteiger partial charge on any atom is -0.398 e. The number of likely N-dealkylation sites (tertiary alicyclic amines) is 1. The van der Waals surface area contributed by atoms with Gasteiger partial charge in [-0.05, 0) is 43.9 Å². The number of benzene rings is 1. The van der Waals surface area contributed by atoms with Crippen molar-refractivity contribution in [2.24, 2.45) is 33.9 Å². The summed E-state index contributed by atoms with van der Waals surface area (Å²) >= 11 is 0. The standard InChI is InChI=1S/C31H37F2N5O3.2H2/c1-18-12-25(34)22(27(35)30-9-10-36-15-19(30)14-30)13-21(18)29(39)37-20-6-3-4-11-38(16-20)28(31(40-2)17-41-31)26-23(32)7-5-8-24(26)33;;/h5,7-10,12-13,15,18-21,28,35H,3-4,6,11,14,16-17,34H2,1-2H3,(H,37,39);2*1H/t18?,19?,20-,21?,28+,30?,31?;;/m1../s1. The molecule has 3 fully saturated rings. The highest BCUT2D eigenvalue weighted by Gasteiger charge is 2.58. The lowest BCUT2D eigenvalue weighted by Crippen LogP contribution is -2.49. The average molecular weight is 570 g/mol. The van der Waals surface area contributed by atoms with Crippen LogP contribution in [-0.4, -0.2) is 61.4 Å². The van der Waals surface area contributed by atoms with E-state index >= 15 is 8.78 Å². The maximum absolute atomic E-state index is 15.0. The smallest absolute Gasteiger partial charge is 0.227 e. The average Bonchev–Trinajstić information content (AvgIpc) is 3.86. The lowest BCUT2D eigenvalue weighted by molar-refractivity contribution is -0.125. The van der Waals surface area contributed by atoms with E-state index in [1.165, 1.54) is 25.3 Å². The van der Waals surface area contributed by atoms with Crippen molar-refractivity contribution in [2.45, 2.75) is 50.5 Å². The van der Waals surface area contributed by atoms with E-state index in [4.69, 9.17) is 20.6 Å². The molecule has 1 aromatic carbocycles. The van der Waals surface area contributed by atoms with Crippen molar-refractivity contribution in [3.63, 3.8) is 0 Å². The van der Waals surface area contributed by atoms with Crippen LogP contribution in [0.3, 0.4) is 0 Å². The second kappa shape index (κ2) is 10.6. The zero-order valence-corrected chi connectivity index (χ0v) is 23.4. The largest absolute Gasteiger partial charge is 0.398 e. The fraction of sp³-hybridized carbons (Fsp3) is 0.516. The molecular weight excluding hydrogens is 528 g/mol. The van der Waals surface area contributed by atoms with Crippen LogP contribution < -0.4 is 11.1 Å². The maximum atomic E-state index is 15.0. The third kappa shape index (κ3) is 4.96. The van der Waals surface area contributed by atoms with Gasteiger partial charge in [-0.3, -0.25) is 14.7 Å². The van der Waals surface area contributed by atoms with Crippen molar-refractivity contribution in [1.29, 1.82) is 5.41 Å². The molecule has 1 amide bonds. The number of carbonyl (C=O) groups excluding carboxylic acids is 1. The molecule has 222 valence electrons. The van der Waals surface area contributed by atoms with Crippen molar-refractivity contribution >= 4 is 17.8 Å². The van der Waals surface area contributed by atoms with Crippen LogP contribution in [0.1, 0.15) is 47.1 Å². The predicted molar refractivity (Wildman–Crippen MR) is 155 cm³/mol. The van der Waals surface area contributed by atoms with Gasteiger partial charge in [-0.1, -0.05) is 37.6 Å². The van der Waals surface area contributed by atoms with Gasteiger partial charge < -0.3 is 25.9 Å². The summed E-state index contributed by atoms with van der Waals surface area (Å²) in [6.07, 6.45) is 12.5. The number of ether oxygens (including phenoxy) is 2. The highest BCUT2D eigenvalue weighted by molar-refractivity contribution is 6.11. The molecule has 1 aromatic rings. The number of aliphatic imine (C=N–C) groups is 1. The fourth-order valence-electron chi connectivity index (χ4n) is 6.81. The Morgan fingerprint density at radius 3 is 2.76 bits per heavy atom. The van der Waals surface area contributed by atoms with Crippen LogP contribution in [0.2, 0.25) is 0 Å². The number of nitrogens with one attached hydrogen (secondary N) is 2. The molecule has 1 saturated carbocycles. The molecule has 6 rings (SSSR count). The normalized spacial score (nSPS) is 35.0. The molecule has 5 aliphatic rings. The number of methoxy groups -OCH3 is 1. The maximum Gasteiger partial charge on any atom is 0.227 e. The minimum atomic E-state index is -1.14. The van der Waals surface area contributed by atoms with Gasteiger partial charge in [-0.25, -0.2) is 8.78 Å². The van der Waals surface area contributed by atoms with Gasteiger partial charge >= 0.3 is 0 Å². The van der Waals surface area contributed by atoms with Gasteiger partial charge in [0.05, 0.1) is 17.7 Å². The molecule has 7 atom stereocenters. The van der Waals surface area contributed by atoms with E-state index < -0.39 is 34.8 Å². The van der Waals surface area contributed by atoms with Crippen molar-refractivity contribution in [2.75, 3.05) is 26.8 Å². The summed E-state index contributed by atoms with van der Waals surface area (Å²) in [4.78, 5) is 19.9. The Labute approximate surface area is 241 Å². The number of rotatable bonds is 8. The van der Waals surface area contributed by atoms with Crippen LogP contribution in [0.4, 0.5) is 8.78 Å². The fourth-order valence-corrected chi connectivity index (χ4v) is 6.81. The number of fused-ring (bicyclic) bond motifs is 1. The molecule has 0 bridgehead atoms. The van der Waals surface area contributed by atoms with Crippen LogP contribution in [0.5, 0.6) is 0 Å². The zero-order valence-electron chi connectivity index (χ0n) is 23.4. The molecule has 3 aliphatic heterocycles. The van der Waals surface area contributed by atoms with E-state index in [-0.39, 0.29) is 38.8 Å². The Morgan fingerprint density at radius 1 is 1.32 bits per heavy atom. The van der Waals surface area contributed by atoms with Crippen LogP contribution in [0.25, 0.3) is 0 Å². The highest BCUT2D eigenvalue weighted by atomic mass is 19.1. The molecule has 3 heterocycles. The van der Waals surface area contributed by atoms with Crippen LogP contribution >= 0.6 is 0 Å². The van der Waals surface area contributed by atoms with E-state index in [9.17, 15) is 4.79 Å². The molecule has 0 radical (unpaired) electrons. The van der Waals surface area contributed by atoms with E-state index in [2.05, 4.69) is 10.3 Å². The van der Waals surface area contributed by atoms with E-state index in [0.717, 1.165) is 25.7 Å². The van der Waals surface area contributed by atoms with E-state index in [0.29, 0.717) is 30.1 Å². The summed E-state index contributed by atoms with van der Waals surface area (Å²) in [5.74, 6) is -3.05. The van der Waals surface area contributed by atoms with Gasteiger partial charge in [-0.15, -0.1) is 0 Å². The van der Waals surface area contributed by atoms with Crippen LogP contribution in [-0.2, 0) is 14.3 Å². The van der Waals surface area contributed by atoms with Crippen molar-refractivity contribution in [1.82, 2.24) is 10.2 Å². The number of nitrogens with two attached hydrogens (primary N) is 1. The van der Waals surface area contributed by atoms with Crippen molar-refractivity contribution in [3.8, 4) is 0 Å². The molecule has 5 unspecified atom stereocenters. The number of allylic oxidation sites excluding steroid dienone is 3. The number of nitrogens with zero attached hydrogens (tertiary/aromatic N) is 2. The summed E-state index contributed by atoms with van der Waals surface area (Å²) < 4.78 is 41.4. The first-order valence-corrected chi connectivity index (χ1v) is 14.4. The molecule has 0 aromatic heterocycles. The Bertz CT molecular complexity index is 1360. The number of epoxide rings is 1. The van der Waals surface area contributed by atoms with Crippen LogP contribution in [0.15, 0.2) is 58.9 Å². The van der Waals surface area contributed by atoms with Crippen molar-refractivity contribution in [3.05, 3.63) is 71.1 Å². The molecular formula is C31H41F2N5O3. The third-order valence-electron chi connectivity index (χ3n) is 9.37. The Morgan fingerprint density at radius 2 is 2.07 bits per heavy atom. The van der Waals surface area contributed by atoms with Gasteiger partial charge in [0.2, 0.25) is 11.7 Å². The van der Waals surface area contributed by atoms with Gasteiger partial charge in [-0.2, -0.15) is 0 Å². The Kier molecular flexibility index (Phi) is 7.20. The molecule has 10 heteroatoms. The summed E-state index contributed by atoms with van der Waals surface area (Å²) in [5, 5.41) is 12.2. The summed E-state index contributed by atoms with van der Waals surface area (Å²) in [6.45, 7) is 3.15. The molecule has 4 N–H and O–H groups in total. The third-order valence-corrected chi connectivity index (χ3v) is 9.37. The van der Waals surface area contributed by atoms with E-state index in [1.54, 1.807) is 6.20 Å². The molecule has 8 nitrogen and oxygen atoms in total. The second-order valence-corrected chi connectivity index (χ2v) is 12.0. The topological polar surface area (TPSA) is 116 Å². The first-order valence-electron chi connectivity index (χ1n) is 14.4. The first kappa shape index (κ1) is 27.9. The molecule has 2 aliphatic carbocycles. The van der Waals surface area contributed by atoms with Crippen LogP contribution in [0, 0.1) is 40.2 Å². The summed E-state index contributed by atoms with van der Waals surface area (Å²) in [6, 6.07) is 2.80. The predicted octanol–water partition coefficient (Wildman–Crippen LogP) is 4.50. The highest BCUT2D eigenvalue weighted by Crippen LogP contribution is 2.57. The number of hydrogen-bond acceptors (Lipinski definition) is 7. The summed E-state index contributed by atoms with van der Waals surface area (Å²) in [7, 11) is 1.49. The molecule has 2 saturated heterocycles. The van der Waals surface area contributed by atoms with Gasteiger partial charge in [0.25, 0.3) is 0 Å². The van der Waals surface area contributed by atoms with Gasteiger partial charge in [0.15, 0.2) is 0 Å². The zero-order chi connectivity index (χ0) is 28.9.